The van der Waals surface area contributed by atoms with Gasteiger partial charge in [0.1, 0.15) is 0 Å². The van der Waals surface area contributed by atoms with E-state index < -0.39 is 0 Å². The molecule has 1 aliphatic heterocycles. The first-order chi connectivity index (χ1) is 9.30. The van der Waals surface area contributed by atoms with Crippen molar-refractivity contribution in [1.29, 1.82) is 0 Å². The summed E-state index contributed by atoms with van der Waals surface area (Å²) in [5.74, 6) is 0.0940. The van der Waals surface area contributed by atoms with Gasteiger partial charge in [-0.15, -0.1) is 0 Å². The zero-order valence-corrected chi connectivity index (χ0v) is 12.9. The van der Waals surface area contributed by atoms with Crippen molar-refractivity contribution in [2.45, 2.75) is 26.7 Å². The minimum absolute atomic E-state index is 0.0940. The van der Waals surface area contributed by atoms with E-state index >= 15 is 0 Å². The van der Waals surface area contributed by atoms with Crippen LogP contribution in [0.1, 0.15) is 37.0 Å². The van der Waals surface area contributed by atoms with Crippen LogP contribution in [-0.2, 0) is 0 Å². The molecule has 0 radical (unpaired) electrons. The Morgan fingerprint density at radius 1 is 1.25 bits per heavy atom. The van der Waals surface area contributed by atoms with Crippen molar-refractivity contribution in [3.63, 3.8) is 0 Å². The molecule has 110 valence electrons. The van der Waals surface area contributed by atoms with Gasteiger partial charge < -0.3 is 15.5 Å². The standard InChI is InChI=1S/C16H25N3O/c1-16(2)7-9-19(10-8-16)15(20)13-11-12(17)5-6-14(13)18(3)4/h5-6,11H,7-10,17H2,1-4H3. The maximum absolute atomic E-state index is 12.7. The predicted octanol–water partition coefficient (Wildman–Crippen LogP) is 2.60. The molecule has 1 aromatic rings. The summed E-state index contributed by atoms with van der Waals surface area (Å²) in [7, 11) is 3.89. The number of hydrogen-bond donors (Lipinski definition) is 1. The lowest BCUT2D eigenvalue weighted by Gasteiger charge is -2.37. The summed E-state index contributed by atoms with van der Waals surface area (Å²) in [6.07, 6.45) is 2.11. The smallest absolute Gasteiger partial charge is 0.256 e. The summed E-state index contributed by atoms with van der Waals surface area (Å²) < 4.78 is 0. The van der Waals surface area contributed by atoms with Gasteiger partial charge in [-0.05, 0) is 36.5 Å². The summed E-state index contributed by atoms with van der Waals surface area (Å²) in [6.45, 7) is 6.18. The monoisotopic (exact) mass is 275 g/mol. The molecule has 0 spiro atoms. The van der Waals surface area contributed by atoms with Crippen molar-refractivity contribution < 1.29 is 4.79 Å². The summed E-state index contributed by atoms with van der Waals surface area (Å²) in [4.78, 5) is 16.6. The van der Waals surface area contributed by atoms with Crippen LogP contribution in [0.25, 0.3) is 0 Å². The molecule has 1 heterocycles. The maximum Gasteiger partial charge on any atom is 0.256 e. The number of piperidine rings is 1. The Labute approximate surface area is 121 Å². The van der Waals surface area contributed by atoms with Crippen LogP contribution in [-0.4, -0.2) is 38.0 Å². The number of nitrogens with zero attached hydrogens (tertiary/aromatic N) is 2. The predicted molar refractivity (Wildman–Crippen MR) is 84.1 cm³/mol. The number of benzene rings is 1. The highest BCUT2D eigenvalue weighted by molar-refractivity contribution is 6.00. The van der Waals surface area contributed by atoms with Gasteiger partial charge in [-0.2, -0.15) is 0 Å². The normalized spacial score (nSPS) is 17.9. The van der Waals surface area contributed by atoms with Gasteiger partial charge in [-0.25, -0.2) is 0 Å². The number of carbonyl (C=O) groups excluding carboxylic acids is 1. The first-order valence-corrected chi connectivity index (χ1v) is 7.16. The zero-order chi connectivity index (χ0) is 14.9. The van der Waals surface area contributed by atoms with Crippen LogP contribution in [0.15, 0.2) is 18.2 Å². The Morgan fingerprint density at radius 3 is 2.40 bits per heavy atom. The Hall–Kier alpha value is -1.71. The highest BCUT2D eigenvalue weighted by Crippen LogP contribution is 2.31. The van der Waals surface area contributed by atoms with Crippen LogP contribution in [0.4, 0.5) is 11.4 Å². The van der Waals surface area contributed by atoms with Crippen molar-refractivity contribution in [2.75, 3.05) is 37.8 Å². The second kappa shape index (κ2) is 5.35. The van der Waals surface area contributed by atoms with Crippen molar-refractivity contribution in [2.24, 2.45) is 5.41 Å². The number of carbonyl (C=O) groups is 1. The fourth-order valence-corrected chi connectivity index (χ4v) is 2.60. The lowest BCUT2D eigenvalue weighted by molar-refractivity contribution is 0.0631. The number of rotatable bonds is 2. The van der Waals surface area contributed by atoms with Gasteiger partial charge >= 0.3 is 0 Å². The Bertz CT molecular complexity index is 498. The lowest BCUT2D eigenvalue weighted by Crippen LogP contribution is -2.41. The van der Waals surface area contributed by atoms with Crippen LogP contribution < -0.4 is 10.6 Å². The molecule has 0 atom stereocenters. The van der Waals surface area contributed by atoms with Crippen LogP contribution in [0.5, 0.6) is 0 Å². The average Bonchev–Trinajstić information content (AvgIpc) is 2.37. The molecule has 1 aromatic carbocycles. The van der Waals surface area contributed by atoms with E-state index in [0.717, 1.165) is 31.6 Å². The third kappa shape index (κ3) is 3.06. The lowest BCUT2D eigenvalue weighted by atomic mass is 9.82. The van der Waals surface area contributed by atoms with E-state index in [0.29, 0.717) is 16.7 Å². The van der Waals surface area contributed by atoms with Crippen LogP contribution >= 0.6 is 0 Å². The van der Waals surface area contributed by atoms with E-state index in [4.69, 9.17) is 5.73 Å². The summed E-state index contributed by atoms with van der Waals surface area (Å²) in [5.41, 5.74) is 8.46. The van der Waals surface area contributed by atoms with Gasteiger partial charge in [0.05, 0.1) is 5.56 Å². The molecule has 0 aliphatic carbocycles. The first-order valence-electron chi connectivity index (χ1n) is 7.16. The molecular weight excluding hydrogens is 250 g/mol. The summed E-state index contributed by atoms with van der Waals surface area (Å²) in [6, 6.07) is 5.54. The van der Waals surface area contributed by atoms with Gasteiger partial charge in [0.25, 0.3) is 5.91 Å². The minimum Gasteiger partial charge on any atom is -0.399 e. The quantitative estimate of drug-likeness (QED) is 0.844. The Kier molecular flexibility index (Phi) is 3.93. The van der Waals surface area contributed by atoms with Gasteiger partial charge in [-0.1, -0.05) is 13.8 Å². The van der Waals surface area contributed by atoms with Gasteiger partial charge in [-0.3, -0.25) is 4.79 Å². The SMILES string of the molecule is CN(C)c1ccc(N)cc1C(=O)N1CCC(C)(C)CC1. The molecule has 2 rings (SSSR count). The van der Waals surface area contributed by atoms with Crippen molar-refractivity contribution >= 4 is 17.3 Å². The van der Waals surface area contributed by atoms with Crippen LogP contribution in [0.2, 0.25) is 0 Å². The molecule has 4 nitrogen and oxygen atoms in total. The highest BCUT2D eigenvalue weighted by Gasteiger charge is 2.29. The number of likely N-dealkylation sites (tertiary alicyclic amines) is 1. The largest absolute Gasteiger partial charge is 0.399 e. The Balaban J connectivity index is 2.23. The molecule has 1 saturated heterocycles. The summed E-state index contributed by atoms with van der Waals surface area (Å²) >= 11 is 0. The number of nitrogens with two attached hydrogens (primary N) is 1. The average molecular weight is 275 g/mol. The third-order valence-electron chi connectivity index (χ3n) is 4.14. The van der Waals surface area contributed by atoms with Crippen molar-refractivity contribution in [3.05, 3.63) is 23.8 Å². The zero-order valence-electron chi connectivity index (χ0n) is 12.9. The van der Waals surface area contributed by atoms with Gasteiger partial charge in [0, 0.05) is 38.6 Å². The second-order valence-electron chi connectivity index (χ2n) is 6.63. The molecular formula is C16H25N3O. The van der Waals surface area contributed by atoms with E-state index in [-0.39, 0.29) is 5.91 Å². The maximum atomic E-state index is 12.7. The molecule has 0 unspecified atom stereocenters. The molecule has 20 heavy (non-hydrogen) atoms. The topological polar surface area (TPSA) is 49.6 Å². The van der Waals surface area contributed by atoms with E-state index in [9.17, 15) is 4.79 Å². The van der Waals surface area contributed by atoms with Gasteiger partial charge in [0.2, 0.25) is 0 Å². The van der Waals surface area contributed by atoms with Crippen molar-refractivity contribution in [3.8, 4) is 0 Å². The number of anilines is 2. The summed E-state index contributed by atoms with van der Waals surface area (Å²) in [5, 5.41) is 0. The number of hydrogen-bond acceptors (Lipinski definition) is 3. The molecule has 4 heteroatoms. The second-order valence-corrected chi connectivity index (χ2v) is 6.63. The fraction of sp³-hybridized carbons (Fsp3) is 0.562. The molecule has 1 fully saturated rings. The van der Waals surface area contributed by atoms with Crippen LogP contribution in [0, 0.1) is 5.41 Å². The van der Waals surface area contributed by atoms with E-state index in [1.165, 1.54) is 0 Å². The van der Waals surface area contributed by atoms with Crippen molar-refractivity contribution in [1.82, 2.24) is 4.90 Å². The number of amides is 1. The number of nitrogen functional groups attached to an aromatic ring is 1. The van der Waals surface area contributed by atoms with E-state index in [1.807, 2.05) is 36.0 Å². The van der Waals surface area contributed by atoms with Gasteiger partial charge in [0.15, 0.2) is 0 Å². The molecule has 0 aromatic heterocycles. The molecule has 0 saturated carbocycles. The Morgan fingerprint density at radius 2 is 1.85 bits per heavy atom. The third-order valence-corrected chi connectivity index (χ3v) is 4.14. The minimum atomic E-state index is 0.0940. The molecule has 2 N–H and O–H groups in total. The van der Waals surface area contributed by atoms with E-state index in [2.05, 4.69) is 13.8 Å². The molecule has 1 amide bonds. The van der Waals surface area contributed by atoms with Crippen LogP contribution in [0.3, 0.4) is 0 Å². The van der Waals surface area contributed by atoms with E-state index in [1.54, 1.807) is 6.07 Å². The molecule has 1 aliphatic rings. The highest BCUT2D eigenvalue weighted by atomic mass is 16.2. The molecule has 0 bridgehead atoms. The fourth-order valence-electron chi connectivity index (χ4n) is 2.60. The first kappa shape index (κ1) is 14.7.